The molecule has 0 aliphatic carbocycles. The highest BCUT2D eigenvalue weighted by molar-refractivity contribution is 6.05. The van der Waals surface area contributed by atoms with Crippen LogP contribution in [0.2, 0.25) is 0 Å². The van der Waals surface area contributed by atoms with Crippen LogP contribution in [0.25, 0.3) is 0 Å². The largest absolute Gasteiger partial charge is 0.383 e. The molecule has 0 saturated carbocycles. The number of nitrogens with one attached hydrogen (secondary N) is 2. The highest BCUT2D eigenvalue weighted by Gasteiger charge is 2.16. The minimum absolute atomic E-state index is 0.149. The van der Waals surface area contributed by atoms with E-state index in [0.29, 0.717) is 13.0 Å². The van der Waals surface area contributed by atoms with Gasteiger partial charge in [0, 0.05) is 12.7 Å². The number of anilines is 2. The fourth-order valence-corrected chi connectivity index (χ4v) is 2.89. The Morgan fingerprint density at radius 1 is 1.32 bits per heavy atom. The van der Waals surface area contributed by atoms with Crippen molar-refractivity contribution < 1.29 is 4.79 Å². The number of aryl methyl sites for hydroxylation is 1. The minimum Gasteiger partial charge on any atom is -0.383 e. The van der Waals surface area contributed by atoms with Crippen molar-refractivity contribution in [2.45, 2.75) is 33.4 Å². The third-order valence-electron chi connectivity index (χ3n) is 4.22. The third kappa shape index (κ3) is 4.03. The zero-order valence-electron chi connectivity index (χ0n) is 15.7. The standard InChI is InChI=1S/C19H22N6O3/c1-3-7-25-18(27)15(16(20)23-19(25)28)22-17(26)14-9-21-24(11-14)10-13-6-4-5-12(2)8-13/h4-6,8-9,11H,3,7,10,20H2,1-2H3,(H,22,26)(H,23,28). The molecule has 2 heterocycles. The topological polar surface area (TPSA) is 128 Å². The molecular weight excluding hydrogens is 360 g/mol. The number of nitrogens with zero attached hydrogens (tertiary/aromatic N) is 3. The number of nitrogen functional groups attached to an aromatic ring is 1. The second-order valence-electron chi connectivity index (χ2n) is 6.55. The summed E-state index contributed by atoms with van der Waals surface area (Å²) >= 11 is 0. The number of amides is 1. The van der Waals surface area contributed by atoms with E-state index in [0.717, 1.165) is 15.7 Å². The van der Waals surface area contributed by atoms with Gasteiger partial charge in [-0.25, -0.2) is 4.79 Å². The number of hydrogen-bond donors (Lipinski definition) is 3. The summed E-state index contributed by atoms with van der Waals surface area (Å²) in [6.45, 7) is 4.58. The lowest BCUT2D eigenvalue weighted by Gasteiger charge is -2.09. The van der Waals surface area contributed by atoms with Crippen LogP contribution in [0.1, 0.15) is 34.8 Å². The fraction of sp³-hybridized carbons (Fsp3) is 0.263. The highest BCUT2D eigenvalue weighted by atomic mass is 16.2. The molecule has 4 N–H and O–H groups in total. The van der Waals surface area contributed by atoms with Crippen molar-refractivity contribution in [3.63, 3.8) is 0 Å². The van der Waals surface area contributed by atoms with Crippen molar-refractivity contribution in [1.29, 1.82) is 0 Å². The van der Waals surface area contributed by atoms with Crippen LogP contribution in [0.3, 0.4) is 0 Å². The zero-order valence-corrected chi connectivity index (χ0v) is 15.7. The van der Waals surface area contributed by atoms with Gasteiger partial charge >= 0.3 is 5.69 Å². The van der Waals surface area contributed by atoms with Crippen molar-refractivity contribution in [3.8, 4) is 0 Å². The molecule has 1 amide bonds. The Hall–Kier alpha value is -3.62. The van der Waals surface area contributed by atoms with E-state index in [9.17, 15) is 14.4 Å². The molecule has 28 heavy (non-hydrogen) atoms. The summed E-state index contributed by atoms with van der Waals surface area (Å²) in [6.07, 6.45) is 3.59. The van der Waals surface area contributed by atoms with Gasteiger partial charge < -0.3 is 11.1 Å². The van der Waals surface area contributed by atoms with Gasteiger partial charge in [-0.3, -0.25) is 23.8 Å². The first-order chi connectivity index (χ1) is 13.4. The van der Waals surface area contributed by atoms with Crippen molar-refractivity contribution in [3.05, 3.63) is 74.2 Å². The zero-order chi connectivity index (χ0) is 20.3. The number of hydrogen-bond acceptors (Lipinski definition) is 5. The van der Waals surface area contributed by atoms with Gasteiger partial charge in [-0.1, -0.05) is 36.8 Å². The first-order valence-corrected chi connectivity index (χ1v) is 8.91. The number of benzene rings is 1. The molecule has 9 heteroatoms. The van der Waals surface area contributed by atoms with Crippen molar-refractivity contribution in [2.24, 2.45) is 0 Å². The van der Waals surface area contributed by atoms with Crippen LogP contribution in [0.15, 0.2) is 46.2 Å². The van der Waals surface area contributed by atoms with E-state index < -0.39 is 17.2 Å². The van der Waals surface area contributed by atoms with Crippen molar-refractivity contribution in [2.75, 3.05) is 11.1 Å². The number of carbonyl (C=O) groups is 1. The molecule has 0 unspecified atom stereocenters. The molecule has 0 bridgehead atoms. The third-order valence-corrected chi connectivity index (χ3v) is 4.22. The Bertz CT molecular complexity index is 1130. The van der Waals surface area contributed by atoms with Gasteiger partial charge in [0.2, 0.25) is 0 Å². The quantitative estimate of drug-likeness (QED) is 0.593. The summed E-state index contributed by atoms with van der Waals surface area (Å²) in [4.78, 5) is 39.2. The lowest BCUT2D eigenvalue weighted by molar-refractivity contribution is 0.102. The smallest absolute Gasteiger partial charge is 0.330 e. The molecule has 1 aromatic carbocycles. The van der Waals surface area contributed by atoms with Crippen LogP contribution >= 0.6 is 0 Å². The van der Waals surface area contributed by atoms with Crippen LogP contribution in [0.4, 0.5) is 11.5 Å². The van der Waals surface area contributed by atoms with Crippen LogP contribution < -0.4 is 22.3 Å². The number of aromatic amines is 1. The summed E-state index contributed by atoms with van der Waals surface area (Å²) < 4.78 is 2.64. The van der Waals surface area contributed by atoms with E-state index >= 15 is 0 Å². The van der Waals surface area contributed by atoms with Gasteiger partial charge in [0.05, 0.1) is 18.3 Å². The Morgan fingerprint density at radius 2 is 2.11 bits per heavy atom. The Morgan fingerprint density at radius 3 is 2.82 bits per heavy atom. The van der Waals surface area contributed by atoms with Gasteiger partial charge in [-0.15, -0.1) is 0 Å². The Kier molecular flexibility index (Phi) is 5.44. The number of H-pyrrole nitrogens is 1. The second kappa shape index (κ2) is 7.95. The molecule has 0 atom stereocenters. The van der Waals surface area contributed by atoms with Gasteiger partial charge in [0.25, 0.3) is 11.5 Å². The minimum atomic E-state index is -0.636. The first-order valence-electron chi connectivity index (χ1n) is 8.91. The summed E-state index contributed by atoms with van der Waals surface area (Å²) in [7, 11) is 0. The lowest BCUT2D eigenvalue weighted by Crippen LogP contribution is -2.38. The summed E-state index contributed by atoms with van der Waals surface area (Å²) in [5.74, 6) is -0.711. The predicted octanol–water partition coefficient (Wildman–Crippen LogP) is 1.33. The Balaban J connectivity index is 1.81. The van der Waals surface area contributed by atoms with E-state index in [-0.39, 0.29) is 23.6 Å². The number of carbonyl (C=O) groups excluding carboxylic acids is 1. The highest BCUT2D eigenvalue weighted by Crippen LogP contribution is 2.11. The van der Waals surface area contributed by atoms with Crippen LogP contribution in [-0.4, -0.2) is 25.2 Å². The first kappa shape index (κ1) is 19.2. The molecule has 0 saturated heterocycles. The van der Waals surface area contributed by atoms with E-state index in [4.69, 9.17) is 5.73 Å². The maximum Gasteiger partial charge on any atom is 0.330 e. The van der Waals surface area contributed by atoms with E-state index in [2.05, 4.69) is 15.4 Å². The van der Waals surface area contributed by atoms with Crippen molar-refractivity contribution >= 4 is 17.4 Å². The molecule has 3 rings (SSSR count). The fourth-order valence-electron chi connectivity index (χ4n) is 2.89. The summed E-state index contributed by atoms with van der Waals surface area (Å²) in [6, 6.07) is 7.98. The Labute approximate surface area is 160 Å². The normalized spacial score (nSPS) is 10.8. The van der Waals surface area contributed by atoms with Crippen LogP contribution in [0, 0.1) is 6.92 Å². The number of nitrogens with two attached hydrogens (primary N) is 1. The molecule has 3 aromatic rings. The molecular formula is C19H22N6O3. The van der Waals surface area contributed by atoms with Gasteiger partial charge in [-0.2, -0.15) is 5.10 Å². The van der Waals surface area contributed by atoms with Crippen LogP contribution in [0.5, 0.6) is 0 Å². The molecule has 0 aliphatic heterocycles. The number of aromatic nitrogens is 4. The van der Waals surface area contributed by atoms with Crippen LogP contribution in [-0.2, 0) is 13.1 Å². The maximum atomic E-state index is 12.5. The van der Waals surface area contributed by atoms with Gasteiger partial charge in [-0.05, 0) is 18.9 Å². The second-order valence-corrected chi connectivity index (χ2v) is 6.55. The average molecular weight is 382 g/mol. The van der Waals surface area contributed by atoms with E-state index in [1.807, 2.05) is 38.1 Å². The van der Waals surface area contributed by atoms with E-state index in [1.54, 1.807) is 10.9 Å². The lowest BCUT2D eigenvalue weighted by atomic mass is 10.1. The molecule has 146 valence electrons. The molecule has 9 nitrogen and oxygen atoms in total. The SMILES string of the molecule is CCCn1c(=O)[nH]c(N)c(NC(=O)c2cnn(Cc3cccc(C)c3)c2)c1=O. The number of rotatable bonds is 6. The van der Waals surface area contributed by atoms with E-state index in [1.165, 1.54) is 6.20 Å². The maximum absolute atomic E-state index is 12.5. The average Bonchev–Trinajstić information content (AvgIpc) is 3.10. The van der Waals surface area contributed by atoms with Gasteiger partial charge in [0.1, 0.15) is 11.5 Å². The molecule has 0 fully saturated rings. The molecule has 0 radical (unpaired) electrons. The molecule has 2 aromatic heterocycles. The van der Waals surface area contributed by atoms with Crippen molar-refractivity contribution in [1.82, 2.24) is 19.3 Å². The monoisotopic (exact) mass is 382 g/mol. The summed E-state index contributed by atoms with van der Waals surface area (Å²) in [5, 5.41) is 6.68. The molecule has 0 aliphatic rings. The molecule has 0 spiro atoms. The van der Waals surface area contributed by atoms with Gasteiger partial charge in [0.15, 0.2) is 0 Å². The summed E-state index contributed by atoms with van der Waals surface area (Å²) in [5.41, 5.74) is 6.82. The predicted molar refractivity (Wildman–Crippen MR) is 106 cm³/mol.